The van der Waals surface area contributed by atoms with Crippen molar-refractivity contribution in [1.29, 1.82) is 0 Å². The monoisotopic (exact) mass is 380 g/mol. The number of hydrogen-bond acceptors (Lipinski definition) is 4. The van der Waals surface area contributed by atoms with Gasteiger partial charge in [-0.25, -0.2) is 13.1 Å². The fraction of sp³-hybridized carbons (Fsp3) is 0.389. The number of nitrogens with one attached hydrogen (secondary N) is 2. The Labute approximate surface area is 153 Å². The van der Waals surface area contributed by atoms with E-state index in [0.717, 1.165) is 16.8 Å². The fourth-order valence-corrected chi connectivity index (χ4v) is 3.62. The lowest BCUT2D eigenvalue weighted by Crippen LogP contribution is -2.24. The van der Waals surface area contributed by atoms with Gasteiger partial charge in [0.15, 0.2) is 0 Å². The summed E-state index contributed by atoms with van der Waals surface area (Å²) in [7, 11) is -3.18. The molecule has 0 aliphatic carbocycles. The zero-order chi connectivity index (χ0) is 18.7. The molecule has 0 atom stereocenters. The predicted octanol–water partition coefficient (Wildman–Crippen LogP) is 3.39. The third-order valence-electron chi connectivity index (χ3n) is 3.63. The maximum Gasteiger partial charge on any atom is 0.265 e. The number of rotatable bonds is 6. The molecule has 2 N–H and O–H groups in total. The van der Waals surface area contributed by atoms with Gasteiger partial charge in [-0.2, -0.15) is 0 Å². The van der Waals surface area contributed by atoms with E-state index < -0.39 is 10.0 Å². The molecule has 2 aromatic rings. The minimum absolute atomic E-state index is 0.0746. The summed E-state index contributed by atoms with van der Waals surface area (Å²) >= 11 is 1.37. The highest BCUT2D eigenvalue weighted by Crippen LogP contribution is 2.24. The van der Waals surface area contributed by atoms with Gasteiger partial charge in [0.05, 0.1) is 11.1 Å². The van der Waals surface area contributed by atoms with Crippen molar-refractivity contribution in [2.75, 3.05) is 18.1 Å². The zero-order valence-electron chi connectivity index (χ0n) is 14.9. The Morgan fingerprint density at radius 1 is 1.08 bits per heavy atom. The predicted molar refractivity (Wildman–Crippen MR) is 104 cm³/mol. The molecule has 136 valence electrons. The Bertz CT molecular complexity index is 832. The van der Waals surface area contributed by atoms with Crippen molar-refractivity contribution in [3.63, 3.8) is 0 Å². The van der Waals surface area contributed by atoms with Crippen molar-refractivity contribution in [3.8, 4) is 0 Å². The first-order chi connectivity index (χ1) is 11.5. The van der Waals surface area contributed by atoms with E-state index in [-0.39, 0.29) is 11.3 Å². The number of sulfonamides is 1. The van der Waals surface area contributed by atoms with Gasteiger partial charge >= 0.3 is 0 Å². The van der Waals surface area contributed by atoms with Gasteiger partial charge in [-0.3, -0.25) is 4.79 Å². The maximum atomic E-state index is 12.3. The molecule has 0 saturated carbocycles. The highest BCUT2D eigenvalue weighted by molar-refractivity contribution is 7.88. The Hall–Kier alpha value is -1.70. The highest BCUT2D eigenvalue weighted by Gasteiger charge is 2.14. The third-order valence-corrected chi connectivity index (χ3v) is 5.50. The summed E-state index contributed by atoms with van der Waals surface area (Å²) in [5, 5.41) is 2.89. The Morgan fingerprint density at radius 3 is 2.28 bits per heavy atom. The summed E-state index contributed by atoms with van der Waals surface area (Å²) in [5.41, 5.74) is 2.04. The van der Waals surface area contributed by atoms with Crippen LogP contribution in [0.4, 0.5) is 5.69 Å². The molecule has 7 heteroatoms. The van der Waals surface area contributed by atoms with Crippen LogP contribution in [0, 0.1) is 0 Å². The van der Waals surface area contributed by atoms with Crippen molar-refractivity contribution in [1.82, 2.24) is 4.72 Å². The molecule has 1 aromatic heterocycles. The molecular weight excluding hydrogens is 356 g/mol. The minimum atomic E-state index is -3.18. The largest absolute Gasteiger partial charge is 0.321 e. The zero-order valence-corrected chi connectivity index (χ0v) is 16.6. The summed E-state index contributed by atoms with van der Waals surface area (Å²) in [6.07, 6.45) is 1.69. The van der Waals surface area contributed by atoms with Gasteiger partial charge in [-0.05, 0) is 41.7 Å². The van der Waals surface area contributed by atoms with E-state index in [1.54, 1.807) is 6.07 Å². The second-order valence-corrected chi connectivity index (χ2v) is 9.97. The standard InChI is InChI=1S/C18H24N2O3S2/c1-18(2,3)13-5-7-14(8-6-13)20-17(21)16-10-9-15(24-16)11-12-19-25(4,22)23/h5-10,19H,11-12H2,1-4H3,(H,20,21). The van der Waals surface area contributed by atoms with Gasteiger partial charge < -0.3 is 5.32 Å². The molecule has 1 aromatic carbocycles. The molecule has 0 spiro atoms. The van der Waals surface area contributed by atoms with Crippen molar-refractivity contribution in [2.24, 2.45) is 0 Å². The summed E-state index contributed by atoms with van der Waals surface area (Å²) in [5.74, 6) is -0.157. The van der Waals surface area contributed by atoms with Crippen LogP contribution in [0.5, 0.6) is 0 Å². The molecule has 25 heavy (non-hydrogen) atoms. The van der Waals surface area contributed by atoms with Gasteiger partial charge in [0.2, 0.25) is 10.0 Å². The molecule has 0 saturated heterocycles. The number of carbonyl (C=O) groups is 1. The maximum absolute atomic E-state index is 12.3. The van der Waals surface area contributed by atoms with Crippen LogP contribution in [0.3, 0.4) is 0 Å². The molecule has 0 bridgehead atoms. The van der Waals surface area contributed by atoms with Crippen LogP contribution < -0.4 is 10.0 Å². The average Bonchev–Trinajstić information content (AvgIpc) is 2.94. The van der Waals surface area contributed by atoms with Crippen LogP contribution in [0.15, 0.2) is 36.4 Å². The van der Waals surface area contributed by atoms with Gasteiger partial charge in [0.1, 0.15) is 0 Å². The third kappa shape index (κ3) is 6.26. The highest BCUT2D eigenvalue weighted by atomic mass is 32.2. The number of amides is 1. The molecule has 0 aliphatic heterocycles. The number of benzene rings is 1. The summed E-state index contributed by atoms with van der Waals surface area (Å²) in [6, 6.07) is 11.5. The molecule has 1 amide bonds. The van der Waals surface area contributed by atoms with E-state index in [4.69, 9.17) is 0 Å². The van der Waals surface area contributed by atoms with Crippen molar-refractivity contribution in [3.05, 3.63) is 51.7 Å². The number of hydrogen-bond donors (Lipinski definition) is 2. The van der Waals surface area contributed by atoms with Gasteiger partial charge in [0.25, 0.3) is 5.91 Å². The van der Waals surface area contributed by atoms with Crippen LogP contribution in [-0.2, 0) is 21.9 Å². The Kier molecular flexibility index (Phi) is 6.03. The summed E-state index contributed by atoms with van der Waals surface area (Å²) < 4.78 is 24.5. The molecule has 0 radical (unpaired) electrons. The second-order valence-electron chi connectivity index (χ2n) is 6.96. The van der Waals surface area contributed by atoms with Crippen LogP contribution >= 0.6 is 11.3 Å². The second kappa shape index (κ2) is 7.68. The smallest absolute Gasteiger partial charge is 0.265 e. The van der Waals surface area contributed by atoms with E-state index >= 15 is 0 Å². The lowest BCUT2D eigenvalue weighted by Gasteiger charge is -2.19. The van der Waals surface area contributed by atoms with Crippen molar-refractivity contribution < 1.29 is 13.2 Å². The Morgan fingerprint density at radius 2 is 1.72 bits per heavy atom. The fourth-order valence-electron chi connectivity index (χ4n) is 2.24. The Balaban J connectivity index is 1.95. The molecule has 5 nitrogen and oxygen atoms in total. The molecule has 0 unspecified atom stereocenters. The minimum Gasteiger partial charge on any atom is -0.321 e. The molecule has 0 aliphatic rings. The van der Waals surface area contributed by atoms with Crippen LogP contribution in [-0.4, -0.2) is 27.1 Å². The van der Waals surface area contributed by atoms with Crippen molar-refractivity contribution in [2.45, 2.75) is 32.6 Å². The van der Waals surface area contributed by atoms with E-state index in [1.807, 2.05) is 30.3 Å². The van der Waals surface area contributed by atoms with Crippen LogP contribution in [0.25, 0.3) is 0 Å². The van der Waals surface area contributed by atoms with E-state index in [2.05, 4.69) is 30.8 Å². The normalized spacial score (nSPS) is 12.2. The lowest BCUT2D eigenvalue weighted by atomic mass is 9.87. The molecule has 1 heterocycles. The van der Waals surface area contributed by atoms with Gasteiger partial charge in [0, 0.05) is 17.1 Å². The number of carbonyl (C=O) groups excluding carboxylic acids is 1. The molecular formula is C18H24N2O3S2. The topological polar surface area (TPSA) is 75.3 Å². The summed E-state index contributed by atoms with van der Waals surface area (Å²) in [4.78, 5) is 13.9. The average molecular weight is 381 g/mol. The lowest BCUT2D eigenvalue weighted by molar-refractivity contribution is 0.103. The molecule has 0 fully saturated rings. The van der Waals surface area contributed by atoms with Crippen molar-refractivity contribution >= 4 is 33.0 Å². The number of anilines is 1. The van der Waals surface area contributed by atoms with Crippen LogP contribution in [0.2, 0.25) is 0 Å². The van der Waals surface area contributed by atoms with E-state index in [0.29, 0.717) is 17.8 Å². The van der Waals surface area contributed by atoms with E-state index in [9.17, 15) is 13.2 Å². The quantitative estimate of drug-likeness (QED) is 0.807. The first-order valence-electron chi connectivity index (χ1n) is 8.00. The first kappa shape index (κ1) is 19.6. The first-order valence-corrected chi connectivity index (χ1v) is 10.7. The van der Waals surface area contributed by atoms with Gasteiger partial charge in [-0.1, -0.05) is 32.9 Å². The van der Waals surface area contributed by atoms with Crippen LogP contribution in [0.1, 0.15) is 40.9 Å². The van der Waals surface area contributed by atoms with Gasteiger partial charge in [-0.15, -0.1) is 11.3 Å². The summed E-state index contributed by atoms with van der Waals surface area (Å²) in [6.45, 7) is 6.76. The van der Waals surface area contributed by atoms with E-state index in [1.165, 1.54) is 16.9 Å². The SMILES string of the molecule is CC(C)(C)c1ccc(NC(=O)c2ccc(CCNS(C)(=O)=O)s2)cc1. The number of thiophene rings is 1. The molecule has 2 rings (SSSR count).